The molecule has 0 saturated carbocycles. The predicted octanol–water partition coefficient (Wildman–Crippen LogP) is 6.64. The Balaban J connectivity index is 1.78. The van der Waals surface area contributed by atoms with Crippen LogP contribution in [-0.2, 0) is 0 Å². The minimum Gasteiger partial charge on any atom is -0.346 e. The highest BCUT2D eigenvalue weighted by Gasteiger charge is 2.33. The molecule has 2 nitrogen and oxygen atoms in total. The zero-order valence-electron chi connectivity index (χ0n) is 15.5. The van der Waals surface area contributed by atoms with Crippen molar-refractivity contribution in [1.82, 2.24) is 0 Å². The molecule has 0 atom stereocenters. The molecule has 0 aliphatic carbocycles. The van der Waals surface area contributed by atoms with Crippen molar-refractivity contribution in [3.05, 3.63) is 93.5 Å². The molecule has 1 fully saturated rings. The number of nitrogens with zero attached hydrogens (tertiary/aromatic N) is 2. The van der Waals surface area contributed by atoms with Crippen LogP contribution in [0.4, 0.5) is 11.4 Å². The first-order chi connectivity index (χ1) is 13.0. The molecule has 3 aromatic rings. The molecule has 1 heterocycles. The molecule has 4 heteroatoms. The van der Waals surface area contributed by atoms with Gasteiger partial charge in [-0.25, -0.2) is 0 Å². The average molecular weight is 397 g/mol. The van der Waals surface area contributed by atoms with Crippen LogP contribution in [-0.4, -0.2) is 13.1 Å². The van der Waals surface area contributed by atoms with Gasteiger partial charge in [-0.15, -0.1) is 0 Å². The smallest absolute Gasteiger partial charge is 0.128 e. The van der Waals surface area contributed by atoms with E-state index in [1.54, 1.807) is 0 Å². The van der Waals surface area contributed by atoms with E-state index in [1.165, 1.54) is 22.5 Å². The van der Waals surface area contributed by atoms with Crippen LogP contribution in [0.25, 0.3) is 0 Å². The number of hydrogen-bond donors (Lipinski definition) is 0. The third kappa shape index (κ3) is 3.65. The average Bonchev–Trinajstić information content (AvgIpc) is 3.10. The highest BCUT2D eigenvalue weighted by atomic mass is 35.5. The van der Waals surface area contributed by atoms with Crippen molar-refractivity contribution in [2.24, 2.45) is 0 Å². The van der Waals surface area contributed by atoms with Gasteiger partial charge in [0, 0.05) is 24.5 Å². The van der Waals surface area contributed by atoms with Crippen LogP contribution in [0.2, 0.25) is 10.0 Å². The summed E-state index contributed by atoms with van der Waals surface area (Å²) in [4.78, 5) is 4.86. The summed E-state index contributed by atoms with van der Waals surface area (Å²) in [6.45, 7) is 6.12. The van der Waals surface area contributed by atoms with Gasteiger partial charge in [0.05, 0.1) is 10.0 Å². The molecule has 0 unspecified atom stereocenters. The molecule has 4 rings (SSSR count). The highest BCUT2D eigenvalue weighted by Crippen LogP contribution is 2.39. The molecule has 1 saturated heterocycles. The van der Waals surface area contributed by atoms with Gasteiger partial charge >= 0.3 is 0 Å². The predicted molar refractivity (Wildman–Crippen MR) is 116 cm³/mol. The normalized spacial score (nSPS) is 14.8. The zero-order chi connectivity index (χ0) is 19.0. The second-order valence-electron chi connectivity index (χ2n) is 7.11. The minimum atomic E-state index is 0.0742. The molecule has 0 amide bonds. The second-order valence-corrected chi connectivity index (χ2v) is 7.92. The largest absolute Gasteiger partial charge is 0.346 e. The number of anilines is 2. The number of halogens is 2. The molecule has 138 valence electrons. The lowest BCUT2D eigenvalue weighted by Crippen LogP contribution is -2.31. The number of hydrogen-bond acceptors (Lipinski definition) is 2. The van der Waals surface area contributed by atoms with Crippen LogP contribution in [0.3, 0.4) is 0 Å². The molecule has 0 N–H and O–H groups in total. The maximum absolute atomic E-state index is 6.35. The summed E-state index contributed by atoms with van der Waals surface area (Å²) < 4.78 is 0. The summed E-state index contributed by atoms with van der Waals surface area (Å²) in [6.07, 6.45) is 0.0742. The van der Waals surface area contributed by atoms with Crippen molar-refractivity contribution in [3.63, 3.8) is 0 Å². The Labute approximate surface area is 170 Å². The summed E-state index contributed by atoms with van der Waals surface area (Å²) in [7, 11) is 0. The summed E-state index contributed by atoms with van der Waals surface area (Å²) in [5.41, 5.74) is 6.10. The van der Waals surface area contributed by atoms with E-state index in [4.69, 9.17) is 23.2 Å². The number of rotatable bonds is 3. The van der Waals surface area contributed by atoms with Gasteiger partial charge in [0.15, 0.2) is 0 Å². The maximum atomic E-state index is 6.35. The van der Waals surface area contributed by atoms with Crippen molar-refractivity contribution < 1.29 is 0 Å². The monoisotopic (exact) mass is 396 g/mol. The lowest BCUT2D eigenvalue weighted by Gasteiger charge is -2.33. The Kier molecular flexibility index (Phi) is 5.03. The highest BCUT2D eigenvalue weighted by molar-refractivity contribution is 6.42. The van der Waals surface area contributed by atoms with Gasteiger partial charge in [0.25, 0.3) is 0 Å². The molecule has 0 aromatic heterocycles. The Morgan fingerprint density at radius 2 is 1.15 bits per heavy atom. The Bertz CT molecular complexity index is 882. The fourth-order valence-corrected chi connectivity index (χ4v) is 3.98. The summed E-state index contributed by atoms with van der Waals surface area (Å²) in [6, 6.07) is 23.4. The Hall–Kier alpha value is -2.16. The van der Waals surface area contributed by atoms with E-state index in [1.807, 2.05) is 12.1 Å². The lowest BCUT2D eigenvalue weighted by atomic mass is 10.1. The van der Waals surface area contributed by atoms with Crippen molar-refractivity contribution in [1.29, 1.82) is 0 Å². The molecular weight excluding hydrogens is 375 g/mol. The fourth-order valence-electron chi connectivity index (χ4n) is 3.67. The van der Waals surface area contributed by atoms with Gasteiger partial charge in [0.2, 0.25) is 0 Å². The molecule has 0 spiro atoms. The first kappa shape index (κ1) is 18.2. The van der Waals surface area contributed by atoms with Gasteiger partial charge in [0.1, 0.15) is 6.17 Å². The van der Waals surface area contributed by atoms with Crippen molar-refractivity contribution >= 4 is 34.6 Å². The van der Waals surface area contributed by atoms with E-state index in [0.29, 0.717) is 10.0 Å². The van der Waals surface area contributed by atoms with Crippen LogP contribution >= 0.6 is 23.2 Å². The molecule has 0 bridgehead atoms. The SMILES string of the molecule is Cc1ccc(N2CCN(c3ccc(C)cc3)C2c2ccc(Cl)c(Cl)c2)cc1. The van der Waals surface area contributed by atoms with Gasteiger partial charge < -0.3 is 9.80 Å². The van der Waals surface area contributed by atoms with E-state index in [2.05, 4.69) is 78.2 Å². The number of benzene rings is 3. The van der Waals surface area contributed by atoms with Crippen LogP contribution in [0.15, 0.2) is 66.7 Å². The minimum absolute atomic E-state index is 0.0742. The fraction of sp³-hybridized carbons (Fsp3) is 0.217. The Morgan fingerprint density at radius 1 is 0.667 bits per heavy atom. The second kappa shape index (κ2) is 7.46. The standard InChI is InChI=1S/C23H22Cl2N2/c1-16-3-8-19(9-4-16)26-13-14-27(20-10-5-17(2)6-11-20)23(26)18-7-12-21(24)22(25)15-18/h3-12,15,23H,13-14H2,1-2H3. The van der Waals surface area contributed by atoms with E-state index < -0.39 is 0 Å². The first-order valence-corrected chi connectivity index (χ1v) is 9.90. The van der Waals surface area contributed by atoms with Crippen LogP contribution in [0.5, 0.6) is 0 Å². The van der Waals surface area contributed by atoms with E-state index in [-0.39, 0.29) is 6.17 Å². The molecular formula is C23H22Cl2N2. The van der Waals surface area contributed by atoms with Crippen molar-refractivity contribution in [2.75, 3.05) is 22.9 Å². The van der Waals surface area contributed by atoms with Crippen LogP contribution in [0.1, 0.15) is 22.9 Å². The Morgan fingerprint density at radius 3 is 1.59 bits per heavy atom. The van der Waals surface area contributed by atoms with Crippen molar-refractivity contribution in [2.45, 2.75) is 20.0 Å². The summed E-state index contributed by atoms with van der Waals surface area (Å²) >= 11 is 12.5. The van der Waals surface area contributed by atoms with Crippen molar-refractivity contribution in [3.8, 4) is 0 Å². The van der Waals surface area contributed by atoms with Gasteiger partial charge in [-0.05, 0) is 55.8 Å². The molecule has 1 aliphatic rings. The third-order valence-corrected chi connectivity index (χ3v) is 5.88. The zero-order valence-corrected chi connectivity index (χ0v) is 17.0. The maximum Gasteiger partial charge on any atom is 0.128 e. The van der Waals surface area contributed by atoms with Crippen LogP contribution < -0.4 is 9.80 Å². The van der Waals surface area contributed by atoms with E-state index in [0.717, 1.165) is 18.7 Å². The molecule has 27 heavy (non-hydrogen) atoms. The number of aryl methyl sites for hydroxylation is 2. The van der Waals surface area contributed by atoms with Gasteiger partial charge in [-0.3, -0.25) is 0 Å². The van der Waals surface area contributed by atoms with E-state index in [9.17, 15) is 0 Å². The van der Waals surface area contributed by atoms with Gasteiger partial charge in [-0.1, -0.05) is 64.7 Å². The third-order valence-electron chi connectivity index (χ3n) is 5.15. The topological polar surface area (TPSA) is 6.48 Å². The summed E-state index contributed by atoms with van der Waals surface area (Å²) in [5.74, 6) is 0. The van der Waals surface area contributed by atoms with Gasteiger partial charge in [-0.2, -0.15) is 0 Å². The molecule has 1 aliphatic heterocycles. The quantitative estimate of drug-likeness (QED) is 0.489. The summed E-state index contributed by atoms with van der Waals surface area (Å²) in [5, 5.41) is 1.18. The first-order valence-electron chi connectivity index (χ1n) is 9.14. The van der Waals surface area contributed by atoms with Crippen LogP contribution in [0, 0.1) is 13.8 Å². The lowest BCUT2D eigenvalue weighted by molar-refractivity contribution is 0.717. The molecule has 0 radical (unpaired) electrons. The molecule has 3 aromatic carbocycles. The van der Waals surface area contributed by atoms with E-state index >= 15 is 0 Å².